The molecule has 3 aromatic rings. The maximum atomic E-state index is 13.1. The van der Waals surface area contributed by atoms with E-state index in [-0.39, 0.29) is 18.2 Å². The van der Waals surface area contributed by atoms with Crippen molar-refractivity contribution in [2.24, 2.45) is 0 Å². The van der Waals surface area contributed by atoms with E-state index >= 15 is 0 Å². The smallest absolute Gasteiger partial charge is 0.234 e. The van der Waals surface area contributed by atoms with Gasteiger partial charge in [-0.25, -0.2) is 12.9 Å². The molecule has 1 fully saturated rings. The van der Waals surface area contributed by atoms with E-state index in [1.165, 1.54) is 0 Å². The minimum atomic E-state index is -3.62. The SMILES string of the molecule is O=C(NCCS(=O)(=O)Nc1ccn2nccc2c1)C1(c2ccccc2)CCOCC1. The molecule has 4 rings (SSSR count). The molecule has 1 saturated heterocycles. The molecule has 30 heavy (non-hydrogen) atoms. The van der Waals surface area contributed by atoms with Gasteiger partial charge in [0.2, 0.25) is 15.9 Å². The fraction of sp³-hybridized carbons (Fsp3) is 0.333. The zero-order chi connectivity index (χ0) is 21.0. The number of carbonyl (C=O) groups is 1. The summed E-state index contributed by atoms with van der Waals surface area (Å²) in [5.41, 5.74) is 1.48. The second kappa shape index (κ2) is 8.45. The molecule has 158 valence electrons. The summed E-state index contributed by atoms with van der Waals surface area (Å²) < 4.78 is 34.6. The summed E-state index contributed by atoms with van der Waals surface area (Å²) in [7, 11) is -3.62. The number of hydrogen-bond acceptors (Lipinski definition) is 5. The number of nitrogens with zero attached hydrogens (tertiary/aromatic N) is 2. The first-order valence-corrected chi connectivity index (χ1v) is 11.5. The van der Waals surface area contributed by atoms with E-state index in [0.717, 1.165) is 11.1 Å². The summed E-state index contributed by atoms with van der Waals surface area (Å²) in [5.74, 6) is -0.377. The van der Waals surface area contributed by atoms with Gasteiger partial charge in [0.1, 0.15) is 0 Å². The topological polar surface area (TPSA) is 102 Å². The van der Waals surface area contributed by atoms with Crippen molar-refractivity contribution in [3.63, 3.8) is 0 Å². The first kappa shape index (κ1) is 20.4. The van der Waals surface area contributed by atoms with Gasteiger partial charge < -0.3 is 10.1 Å². The van der Waals surface area contributed by atoms with Crippen LogP contribution in [0.3, 0.4) is 0 Å². The maximum absolute atomic E-state index is 13.1. The third-order valence-electron chi connectivity index (χ3n) is 5.44. The number of ether oxygens (including phenoxy) is 1. The highest BCUT2D eigenvalue weighted by molar-refractivity contribution is 7.92. The molecule has 0 spiro atoms. The van der Waals surface area contributed by atoms with Crippen molar-refractivity contribution >= 4 is 27.1 Å². The molecule has 2 aromatic heterocycles. The fourth-order valence-corrected chi connectivity index (χ4v) is 4.77. The van der Waals surface area contributed by atoms with Gasteiger partial charge in [-0.05, 0) is 36.6 Å². The lowest BCUT2D eigenvalue weighted by atomic mass is 9.73. The highest BCUT2D eigenvalue weighted by atomic mass is 32.2. The largest absolute Gasteiger partial charge is 0.381 e. The number of hydrogen-bond donors (Lipinski definition) is 2. The average molecular weight is 429 g/mol. The highest BCUT2D eigenvalue weighted by Crippen LogP contribution is 2.35. The Morgan fingerprint density at radius 3 is 2.67 bits per heavy atom. The number of aromatic nitrogens is 2. The molecule has 3 heterocycles. The van der Waals surface area contributed by atoms with Crippen LogP contribution in [0.25, 0.3) is 5.52 Å². The van der Waals surface area contributed by atoms with E-state index in [9.17, 15) is 13.2 Å². The third kappa shape index (κ3) is 4.31. The molecule has 0 radical (unpaired) electrons. The monoisotopic (exact) mass is 428 g/mol. The highest BCUT2D eigenvalue weighted by Gasteiger charge is 2.41. The number of anilines is 1. The minimum absolute atomic E-state index is 0.0263. The molecule has 1 aliphatic rings. The van der Waals surface area contributed by atoms with Gasteiger partial charge in [-0.15, -0.1) is 0 Å². The van der Waals surface area contributed by atoms with Crippen LogP contribution in [0.2, 0.25) is 0 Å². The van der Waals surface area contributed by atoms with Crippen LogP contribution in [0.15, 0.2) is 60.9 Å². The van der Waals surface area contributed by atoms with E-state index < -0.39 is 15.4 Å². The van der Waals surface area contributed by atoms with Gasteiger partial charge in [0.15, 0.2) is 0 Å². The van der Waals surface area contributed by atoms with Crippen LogP contribution in [-0.2, 0) is 25.0 Å². The van der Waals surface area contributed by atoms with Crippen LogP contribution in [0.4, 0.5) is 5.69 Å². The number of amides is 1. The van der Waals surface area contributed by atoms with E-state index in [1.54, 1.807) is 35.1 Å². The number of nitrogens with one attached hydrogen (secondary N) is 2. The molecule has 2 N–H and O–H groups in total. The zero-order valence-corrected chi connectivity index (χ0v) is 17.3. The maximum Gasteiger partial charge on any atom is 0.234 e. The van der Waals surface area contributed by atoms with Crippen LogP contribution in [0.1, 0.15) is 18.4 Å². The second-order valence-electron chi connectivity index (χ2n) is 7.35. The van der Waals surface area contributed by atoms with Gasteiger partial charge in [-0.1, -0.05) is 30.3 Å². The van der Waals surface area contributed by atoms with Crippen molar-refractivity contribution in [1.29, 1.82) is 0 Å². The standard InChI is InChI=1S/C21H24N4O4S/c26-20(21(8-13-29-14-9-21)17-4-2-1-3-5-17)22-11-15-30(27,28)24-18-7-12-25-19(16-18)6-10-23-25/h1-7,10,12,16,24H,8-9,11,13-15H2,(H,22,26). The van der Waals surface area contributed by atoms with E-state index in [0.29, 0.717) is 31.7 Å². The lowest BCUT2D eigenvalue weighted by molar-refractivity contribution is -0.130. The summed E-state index contributed by atoms with van der Waals surface area (Å²) in [6.45, 7) is 1.02. The molecular weight excluding hydrogens is 404 g/mol. The molecule has 1 aliphatic heterocycles. The summed E-state index contributed by atoms with van der Waals surface area (Å²) in [4.78, 5) is 13.1. The van der Waals surface area contributed by atoms with Crippen molar-refractivity contribution in [2.75, 3.05) is 30.2 Å². The van der Waals surface area contributed by atoms with Crippen molar-refractivity contribution in [1.82, 2.24) is 14.9 Å². The Morgan fingerprint density at radius 2 is 1.90 bits per heavy atom. The quantitative estimate of drug-likeness (QED) is 0.599. The molecular formula is C21H24N4O4S. The molecule has 9 heteroatoms. The first-order valence-electron chi connectivity index (χ1n) is 9.84. The van der Waals surface area contributed by atoms with Gasteiger partial charge >= 0.3 is 0 Å². The van der Waals surface area contributed by atoms with Gasteiger partial charge in [0.05, 0.1) is 22.4 Å². The van der Waals surface area contributed by atoms with Gasteiger partial charge in [-0.2, -0.15) is 5.10 Å². The minimum Gasteiger partial charge on any atom is -0.381 e. The Labute approximate surface area is 175 Å². The zero-order valence-electron chi connectivity index (χ0n) is 16.5. The van der Waals surface area contributed by atoms with Crippen molar-refractivity contribution in [3.8, 4) is 0 Å². The van der Waals surface area contributed by atoms with Gasteiger partial charge in [-0.3, -0.25) is 9.52 Å². The van der Waals surface area contributed by atoms with Crippen molar-refractivity contribution in [2.45, 2.75) is 18.3 Å². The molecule has 0 bridgehead atoms. The van der Waals surface area contributed by atoms with E-state index in [1.807, 2.05) is 30.3 Å². The molecule has 0 unspecified atom stereocenters. The first-order chi connectivity index (χ1) is 14.5. The predicted molar refractivity (Wildman–Crippen MR) is 114 cm³/mol. The second-order valence-corrected chi connectivity index (χ2v) is 9.20. The van der Waals surface area contributed by atoms with Crippen LogP contribution >= 0.6 is 0 Å². The predicted octanol–water partition coefficient (Wildman–Crippen LogP) is 1.94. The van der Waals surface area contributed by atoms with Crippen LogP contribution < -0.4 is 10.0 Å². The normalized spacial score (nSPS) is 16.3. The van der Waals surface area contributed by atoms with Crippen LogP contribution in [-0.4, -0.2) is 49.5 Å². The van der Waals surface area contributed by atoms with E-state index in [2.05, 4.69) is 15.1 Å². The van der Waals surface area contributed by atoms with Gasteiger partial charge in [0.25, 0.3) is 0 Å². The summed E-state index contributed by atoms with van der Waals surface area (Å²) in [6.07, 6.45) is 4.46. The lowest BCUT2D eigenvalue weighted by Gasteiger charge is -2.36. The van der Waals surface area contributed by atoms with Crippen LogP contribution in [0, 0.1) is 0 Å². The molecule has 1 amide bonds. The number of carbonyl (C=O) groups excluding carboxylic acids is 1. The Bertz CT molecular complexity index is 1120. The molecule has 0 atom stereocenters. The van der Waals surface area contributed by atoms with Crippen molar-refractivity contribution < 1.29 is 17.9 Å². The van der Waals surface area contributed by atoms with Crippen LogP contribution in [0.5, 0.6) is 0 Å². The number of pyridine rings is 1. The van der Waals surface area contributed by atoms with Crippen molar-refractivity contribution in [3.05, 3.63) is 66.5 Å². The molecule has 1 aromatic carbocycles. The Balaban J connectivity index is 1.39. The number of benzene rings is 1. The molecule has 0 aliphatic carbocycles. The Kier molecular flexibility index (Phi) is 5.74. The average Bonchev–Trinajstić information content (AvgIpc) is 3.22. The third-order valence-corrected chi connectivity index (χ3v) is 6.72. The lowest BCUT2D eigenvalue weighted by Crippen LogP contribution is -2.49. The van der Waals surface area contributed by atoms with Gasteiger partial charge in [0, 0.05) is 32.2 Å². The fourth-order valence-electron chi connectivity index (χ4n) is 3.81. The summed E-state index contributed by atoms with van der Waals surface area (Å²) >= 11 is 0. The summed E-state index contributed by atoms with van der Waals surface area (Å²) in [6, 6.07) is 14.7. The molecule has 0 saturated carbocycles. The Hall–Kier alpha value is -2.91. The van der Waals surface area contributed by atoms with E-state index in [4.69, 9.17) is 4.74 Å². The Morgan fingerprint density at radius 1 is 1.13 bits per heavy atom. The summed E-state index contributed by atoms with van der Waals surface area (Å²) in [5, 5.41) is 6.92. The number of rotatable bonds is 7. The number of fused-ring (bicyclic) bond motifs is 1. The number of sulfonamides is 1. The molecule has 8 nitrogen and oxygen atoms in total.